The predicted octanol–water partition coefficient (Wildman–Crippen LogP) is 4.69. The summed E-state index contributed by atoms with van der Waals surface area (Å²) in [5.41, 5.74) is 0. The van der Waals surface area contributed by atoms with E-state index in [0.717, 1.165) is 22.0 Å². The number of hydrogen-bond donors (Lipinski definition) is 1. The fourth-order valence-corrected chi connectivity index (χ4v) is 3.02. The van der Waals surface area contributed by atoms with Crippen molar-refractivity contribution in [3.8, 4) is 0 Å². The quantitative estimate of drug-likeness (QED) is 0.816. The minimum absolute atomic E-state index is 0.264. The SMILES string of the molecule is CC(C)c1nc(Cl)cc(NCc2ccc(Br)s2)n1. The van der Waals surface area contributed by atoms with E-state index in [0.29, 0.717) is 5.15 Å². The Kier molecular flexibility index (Phi) is 4.59. The molecule has 1 N–H and O–H groups in total. The van der Waals surface area contributed by atoms with E-state index in [4.69, 9.17) is 11.6 Å². The molecule has 0 atom stereocenters. The van der Waals surface area contributed by atoms with E-state index in [1.54, 1.807) is 17.4 Å². The maximum atomic E-state index is 5.98. The first kappa shape index (κ1) is 13.8. The number of halogens is 2. The number of anilines is 1. The largest absolute Gasteiger partial charge is 0.365 e. The van der Waals surface area contributed by atoms with Crippen LogP contribution in [0.1, 0.15) is 30.5 Å². The van der Waals surface area contributed by atoms with Crippen LogP contribution in [0.25, 0.3) is 0 Å². The summed E-state index contributed by atoms with van der Waals surface area (Å²) in [6.45, 7) is 4.83. The van der Waals surface area contributed by atoms with Crippen molar-refractivity contribution in [3.05, 3.63) is 37.8 Å². The zero-order chi connectivity index (χ0) is 13.1. The van der Waals surface area contributed by atoms with Gasteiger partial charge in [0.15, 0.2) is 0 Å². The highest BCUT2D eigenvalue weighted by Gasteiger charge is 2.07. The van der Waals surface area contributed by atoms with Crippen LogP contribution in [0, 0.1) is 0 Å². The molecule has 0 saturated carbocycles. The van der Waals surface area contributed by atoms with Crippen LogP contribution in [0.15, 0.2) is 22.0 Å². The third kappa shape index (κ3) is 3.67. The highest BCUT2D eigenvalue weighted by atomic mass is 79.9. The predicted molar refractivity (Wildman–Crippen MR) is 80.5 cm³/mol. The molecule has 0 aliphatic rings. The highest BCUT2D eigenvalue weighted by molar-refractivity contribution is 9.11. The number of nitrogens with zero attached hydrogens (tertiary/aromatic N) is 2. The molecule has 0 fully saturated rings. The number of aromatic nitrogens is 2. The van der Waals surface area contributed by atoms with Gasteiger partial charge < -0.3 is 5.32 Å². The summed E-state index contributed by atoms with van der Waals surface area (Å²) < 4.78 is 1.13. The van der Waals surface area contributed by atoms with E-state index < -0.39 is 0 Å². The molecule has 2 aromatic rings. The molecule has 0 aliphatic heterocycles. The molecule has 2 heterocycles. The highest BCUT2D eigenvalue weighted by Crippen LogP contribution is 2.23. The Morgan fingerprint density at radius 1 is 1.39 bits per heavy atom. The molecule has 0 aromatic carbocycles. The molecule has 0 saturated heterocycles. The van der Waals surface area contributed by atoms with Crippen molar-refractivity contribution in [2.24, 2.45) is 0 Å². The normalized spacial score (nSPS) is 10.9. The Bertz CT molecular complexity index is 542. The van der Waals surface area contributed by atoms with Crippen LogP contribution in [-0.4, -0.2) is 9.97 Å². The maximum absolute atomic E-state index is 5.98. The fourth-order valence-electron chi connectivity index (χ4n) is 1.41. The molecular weight excluding hydrogens is 334 g/mol. The summed E-state index contributed by atoms with van der Waals surface area (Å²) in [7, 11) is 0. The standard InChI is InChI=1S/C12H13BrClN3S/c1-7(2)12-16-10(14)5-11(17-12)15-6-8-3-4-9(13)18-8/h3-5,7H,6H2,1-2H3,(H,15,16,17). The second-order valence-corrected chi connectivity index (χ2v) is 7.08. The van der Waals surface area contributed by atoms with E-state index in [1.165, 1.54) is 4.88 Å². The molecule has 18 heavy (non-hydrogen) atoms. The molecule has 2 aromatic heterocycles. The van der Waals surface area contributed by atoms with E-state index in [1.807, 2.05) is 19.9 Å². The van der Waals surface area contributed by atoms with Crippen LogP contribution >= 0.6 is 38.9 Å². The average molecular weight is 347 g/mol. The molecule has 2 rings (SSSR count). The van der Waals surface area contributed by atoms with Crippen LogP contribution in [0.4, 0.5) is 5.82 Å². The van der Waals surface area contributed by atoms with Crippen molar-refractivity contribution < 1.29 is 0 Å². The topological polar surface area (TPSA) is 37.8 Å². The smallest absolute Gasteiger partial charge is 0.135 e. The van der Waals surface area contributed by atoms with Crippen molar-refractivity contribution >= 4 is 44.7 Å². The lowest BCUT2D eigenvalue weighted by molar-refractivity contribution is 0.774. The summed E-state index contributed by atoms with van der Waals surface area (Å²) in [4.78, 5) is 9.88. The summed E-state index contributed by atoms with van der Waals surface area (Å²) in [6.07, 6.45) is 0. The van der Waals surface area contributed by atoms with Gasteiger partial charge in [-0.2, -0.15) is 0 Å². The molecule has 0 amide bonds. The van der Waals surface area contributed by atoms with Crippen molar-refractivity contribution in [2.75, 3.05) is 5.32 Å². The first-order valence-corrected chi connectivity index (χ1v) is 7.56. The lowest BCUT2D eigenvalue weighted by Crippen LogP contribution is -2.04. The third-order valence-electron chi connectivity index (χ3n) is 2.30. The molecular formula is C12H13BrClN3S. The first-order chi connectivity index (χ1) is 8.54. The Labute approximate surface area is 124 Å². The Morgan fingerprint density at radius 3 is 2.78 bits per heavy atom. The van der Waals surface area contributed by atoms with Gasteiger partial charge >= 0.3 is 0 Å². The lowest BCUT2D eigenvalue weighted by Gasteiger charge is -2.08. The van der Waals surface area contributed by atoms with Crippen molar-refractivity contribution in [1.82, 2.24) is 9.97 Å². The van der Waals surface area contributed by atoms with Crippen LogP contribution in [0.3, 0.4) is 0 Å². The second kappa shape index (κ2) is 5.99. The van der Waals surface area contributed by atoms with Gasteiger partial charge in [0.1, 0.15) is 16.8 Å². The zero-order valence-corrected chi connectivity index (χ0v) is 13.2. The minimum atomic E-state index is 0.264. The Morgan fingerprint density at radius 2 is 2.17 bits per heavy atom. The number of hydrogen-bond acceptors (Lipinski definition) is 4. The van der Waals surface area contributed by atoms with Crippen LogP contribution in [-0.2, 0) is 6.54 Å². The second-order valence-electron chi connectivity index (χ2n) is 4.15. The van der Waals surface area contributed by atoms with Crippen LogP contribution in [0.5, 0.6) is 0 Å². The molecule has 0 spiro atoms. The Balaban J connectivity index is 2.09. The molecule has 3 nitrogen and oxygen atoms in total. The molecule has 0 unspecified atom stereocenters. The number of rotatable bonds is 4. The van der Waals surface area contributed by atoms with Gasteiger partial charge in [0.2, 0.25) is 0 Å². The summed E-state index contributed by atoms with van der Waals surface area (Å²) in [5, 5.41) is 3.74. The van der Waals surface area contributed by atoms with Gasteiger partial charge in [0, 0.05) is 16.9 Å². The van der Waals surface area contributed by atoms with E-state index in [-0.39, 0.29) is 5.92 Å². The average Bonchev–Trinajstić information content (AvgIpc) is 2.72. The number of nitrogens with one attached hydrogen (secondary N) is 1. The van der Waals surface area contributed by atoms with Crippen molar-refractivity contribution in [2.45, 2.75) is 26.3 Å². The molecule has 0 radical (unpaired) electrons. The van der Waals surface area contributed by atoms with Gasteiger partial charge in [-0.15, -0.1) is 11.3 Å². The van der Waals surface area contributed by atoms with Crippen LogP contribution in [0.2, 0.25) is 5.15 Å². The Hall–Kier alpha value is -0.650. The molecule has 96 valence electrons. The maximum Gasteiger partial charge on any atom is 0.135 e. The van der Waals surface area contributed by atoms with Gasteiger partial charge in [0.25, 0.3) is 0 Å². The third-order valence-corrected chi connectivity index (χ3v) is 4.12. The minimum Gasteiger partial charge on any atom is -0.365 e. The van der Waals surface area contributed by atoms with Gasteiger partial charge in [-0.25, -0.2) is 9.97 Å². The first-order valence-electron chi connectivity index (χ1n) is 5.57. The fraction of sp³-hybridized carbons (Fsp3) is 0.333. The van der Waals surface area contributed by atoms with E-state index >= 15 is 0 Å². The summed E-state index contributed by atoms with van der Waals surface area (Å²) >= 11 is 11.1. The van der Waals surface area contributed by atoms with Gasteiger partial charge in [0.05, 0.1) is 10.3 Å². The summed E-state index contributed by atoms with van der Waals surface area (Å²) in [6, 6.07) is 5.86. The van der Waals surface area contributed by atoms with E-state index in [2.05, 4.69) is 37.3 Å². The molecule has 0 bridgehead atoms. The van der Waals surface area contributed by atoms with Gasteiger partial charge in [-0.05, 0) is 28.1 Å². The molecule has 6 heteroatoms. The van der Waals surface area contributed by atoms with E-state index in [9.17, 15) is 0 Å². The summed E-state index contributed by atoms with van der Waals surface area (Å²) in [5.74, 6) is 1.79. The number of thiophene rings is 1. The van der Waals surface area contributed by atoms with Gasteiger partial charge in [-0.3, -0.25) is 0 Å². The van der Waals surface area contributed by atoms with Crippen molar-refractivity contribution in [3.63, 3.8) is 0 Å². The van der Waals surface area contributed by atoms with Crippen LogP contribution < -0.4 is 5.32 Å². The zero-order valence-electron chi connectivity index (χ0n) is 10.1. The lowest BCUT2D eigenvalue weighted by atomic mass is 10.2. The van der Waals surface area contributed by atoms with Gasteiger partial charge in [-0.1, -0.05) is 25.4 Å². The monoisotopic (exact) mass is 345 g/mol. The van der Waals surface area contributed by atoms with Crippen molar-refractivity contribution in [1.29, 1.82) is 0 Å². The molecule has 0 aliphatic carbocycles.